The van der Waals surface area contributed by atoms with Gasteiger partial charge in [-0.3, -0.25) is 0 Å². The van der Waals surface area contributed by atoms with Gasteiger partial charge in [-0.25, -0.2) is 9.67 Å². The van der Waals surface area contributed by atoms with E-state index in [9.17, 15) is 39.5 Å². The van der Waals surface area contributed by atoms with Crippen LogP contribution >= 0.6 is 0 Å². The van der Waals surface area contributed by atoms with Gasteiger partial charge in [0.15, 0.2) is 5.69 Å². The fourth-order valence-electron chi connectivity index (χ4n) is 2.47. The standard InChI is InChI=1S/C15H7F9N4O/c16-13(17,18)9-5-8-10(11(26-9)14(19,20)21)12(25)28(27-8)6-1-3-7(4-2-6)29-15(22,23)24/h1-5H,25H2. The number of nitrogens with zero attached hydrogens (tertiary/aromatic N) is 3. The summed E-state index contributed by atoms with van der Waals surface area (Å²) in [7, 11) is 0. The van der Waals surface area contributed by atoms with Crippen molar-refractivity contribution in [1.82, 2.24) is 14.8 Å². The van der Waals surface area contributed by atoms with Gasteiger partial charge in [-0.2, -0.15) is 31.4 Å². The Morgan fingerprint density at radius 3 is 1.93 bits per heavy atom. The number of pyridine rings is 1. The highest BCUT2D eigenvalue weighted by Gasteiger charge is 2.41. The highest BCUT2D eigenvalue weighted by Crippen LogP contribution is 2.40. The van der Waals surface area contributed by atoms with Gasteiger partial charge in [0.05, 0.1) is 16.6 Å². The van der Waals surface area contributed by atoms with Crippen LogP contribution in [-0.2, 0) is 12.4 Å². The molecule has 0 amide bonds. The number of hydrogen-bond acceptors (Lipinski definition) is 4. The molecule has 2 heterocycles. The molecule has 1 aromatic carbocycles. The van der Waals surface area contributed by atoms with E-state index in [4.69, 9.17) is 5.73 Å². The minimum Gasteiger partial charge on any atom is -0.406 e. The van der Waals surface area contributed by atoms with E-state index in [-0.39, 0.29) is 5.69 Å². The summed E-state index contributed by atoms with van der Waals surface area (Å²) in [4.78, 5) is 2.64. The zero-order valence-electron chi connectivity index (χ0n) is 13.6. The Balaban J connectivity index is 2.17. The van der Waals surface area contributed by atoms with Crippen LogP contribution in [0.3, 0.4) is 0 Å². The van der Waals surface area contributed by atoms with Crippen LogP contribution < -0.4 is 10.5 Å². The second-order valence-electron chi connectivity index (χ2n) is 5.58. The van der Waals surface area contributed by atoms with Crippen LogP contribution in [0.4, 0.5) is 45.3 Å². The number of nitrogens with two attached hydrogens (primary N) is 1. The Morgan fingerprint density at radius 1 is 0.862 bits per heavy atom. The summed E-state index contributed by atoms with van der Waals surface area (Å²) in [6.45, 7) is 0. The monoisotopic (exact) mass is 430 g/mol. The number of hydrogen-bond donors (Lipinski definition) is 1. The number of ether oxygens (including phenoxy) is 1. The number of anilines is 1. The Hall–Kier alpha value is -3.19. The molecule has 0 saturated heterocycles. The summed E-state index contributed by atoms with van der Waals surface area (Å²) >= 11 is 0. The van der Waals surface area contributed by atoms with E-state index in [2.05, 4.69) is 14.8 Å². The summed E-state index contributed by atoms with van der Waals surface area (Å²) in [5.74, 6) is -1.33. The van der Waals surface area contributed by atoms with E-state index in [1.165, 1.54) is 0 Å². The predicted octanol–water partition coefficient (Wildman–Crippen LogP) is 4.94. The minimum absolute atomic E-state index is 0.116. The van der Waals surface area contributed by atoms with Gasteiger partial charge in [-0.1, -0.05) is 0 Å². The van der Waals surface area contributed by atoms with Crippen molar-refractivity contribution in [2.24, 2.45) is 0 Å². The van der Waals surface area contributed by atoms with Crippen molar-refractivity contribution < 1.29 is 44.3 Å². The number of fused-ring (bicyclic) bond motifs is 1. The molecule has 0 spiro atoms. The molecule has 3 rings (SSSR count). The predicted molar refractivity (Wildman–Crippen MR) is 80.0 cm³/mol. The van der Waals surface area contributed by atoms with Crippen molar-refractivity contribution in [3.05, 3.63) is 41.7 Å². The first-order valence-electron chi connectivity index (χ1n) is 7.36. The molecule has 0 bridgehead atoms. The van der Waals surface area contributed by atoms with Crippen molar-refractivity contribution in [3.8, 4) is 11.4 Å². The second-order valence-corrected chi connectivity index (χ2v) is 5.58. The first kappa shape index (κ1) is 20.5. The second kappa shape index (κ2) is 6.42. The van der Waals surface area contributed by atoms with Gasteiger partial charge in [-0.05, 0) is 30.3 Å². The van der Waals surface area contributed by atoms with Crippen molar-refractivity contribution in [1.29, 1.82) is 0 Å². The van der Waals surface area contributed by atoms with E-state index in [1.54, 1.807) is 0 Å². The van der Waals surface area contributed by atoms with Crippen LogP contribution in [0.5, 0.6) is 5.75 Å². The number of halogens is 9. The normalized spacial score (nSPS) is 13.1. The maximum Gasteiger partial charge on any atom is 0.573 e. The average Bonchev–Trinajstić information content (AvgIpc) is 2.88. The lowest BCUT2D eigenvalue weighted by atomic mass is 10.2. The zero-order chi connectivity index (χ0) is 21.8. The number of alkyl halides is 9. The number of benzene rings is 1. The molecule has 5 nitrogen and oxygen atoms in total. The molecule has 0 unspecified atom stereocenters. The molecule has 0 aliphatic heterocycles. The summed E-state index contributed by atoms with van der Waals surface area (Å²) in [6.07, 6.45) is -15.4. The van der Waals surface area contributed by atoms with Crippen LogP contribution in [0.1, 0.15) is 11.4 Å². The Kier molecular flexibility index (Phi) is 4.55. The largest absolute Gasteiger partial charge is 0.573 e. The lowest BCUT2D eigenvalue weighted by Gasteiger charge is -2.11. The SMILES string of the molecule is Nc1c2c(C(F)(F)F)nc(C(F)(F)F)cc2nn1-c1ccc(OC(F)(F)F)cc1. The quantitative estimate of drug-likeness (QED) is 0.585. The van der Waals surface area contributed by atoms with E-state index in [0.717, 1.165) is 24.3 Å². The molecule has 14 heteroatoms. The molecular weight excluding hydrogens is 423 g/mol. The van der Waals surface area contributed by atoms with Crippen LogP contribution in [0.25, 0.3) is 16.6 Å². The van der Waals surface area contributed by atoms with Gasteiger partial charge < -0.3 is 10.5 Å². The van der Waals surface area contributed by atoms with Gasteiger partial charge >= 0.3 is 18.7 Å². The molecule has 3 aromatic rings. The smallest absolute Gasteiger partial charge is 0.406 e. The third kappa shape index (κ3) is 4.14. The van der Waals surface area contributed by atoms with Crippen LogP contribution in [0, 0.1) is 0 Å². The maximum atomic E-state index is 13.2. The summed E-state index contributed by atoms with van der Waals surface area (Å²) in [6, 6.07) is 3.92. The maximum absolute atomic E-state index is 13.2. The lowest BCUT2D eigenvalue weighted by Crippen LogP contribution is -2.17. The molecule has 0 atom stereocenters. The molecule has 0 saturated carbocycles. The van der Waals surface area contributed by atoms with Gasteiger partial charge in [0.1, 0.15) is 17.3 Å². The minimum atomic E-state index is -5.27. The molecule has 156 valence electrons. The topological polar surface area (TPSA) is 66.0 Å². The lowest BCUT2D eigenvalue weighted by molar-refractivity contribution is -0.274. The molecule has 0 radical (unpaired) electrons. The highest BCUT2D eigenvalue weighted by molar-refractivity contribution is 5.92. The average molecular weight is 430 g/mol. The van der Waals surface area contributed by atoms with Gasteiger partial charge in [0, 0.05) is 0 Å². The number of rotatable bonds is 2. The van der Waals surface area contributed by atoms with Gasteiger partial charge in [0.2, 0.25) is 0 Å². The molecule has 0 fully saturated rings. The van der Waals surface area contributed by atoms with Crippen LogP contribution in [0.15, 0.2) is 30.3 Å². The van der Waals surface area contributed by atoms with Crippen LogP contribution in [-0.4, -0.2) is 21.1 Å². The molecular formula is C15H7F9N4O. The van der Waals surface area contributed by atoms with Gasteiger partial charge in [0.25, 0.3) is 0 Å². The summed E-state index contributed by atoms with van der Waals surface area (Å²) in [5, 5.41) is 2.75. The molecule has 0 aliphatic rings. The third-order valence-corrected chi connectivity index (χ3v) is 3.56. The Labute approximate surface area is 154 Å². The first-order valence-corrected chi connectivity index (χ1v) is 7.36. The molecule has 0 aliphatic carbocycles. The van der Waals surface area contributed by atoms with E-state index >= 15 is 0 Å². The summed E-state index contributed by atoms with van der Waals surface area (Å²) < 4.78 is 119. The summed E-state index contributed by atoms with van der Waals surface area (Å²) in [5.41, 5.74) is 1.07. The fraction of sp³-hybridized carbons (Fsp3) is 0.200. The number of nitrogen functional groups attached to an aromatic ring is 1. The van der Waals surface area contributed by atoms with Gasteiger partial charge in [-0.15, -0.1) is 13.2 Å². The van der Waals surface area contributed by atoms with E-state index in [0.29, 0.717) is 10.7 Å². The molecule has 2 aromatic heterocycles. The zero-order valence-corrected chi connectivity index (χ0v) is 13.6. The van der Waals surface area contributed by atoms with Crippen molar-refractivity contribution in [2.75, 3.05) is 5.73 Å². The van der Waals surface area contributed by atoms with E-state index in [1.807, 2.05) is 0 Å². The molecule has 29 heavy (non-hydrogen) atoms. The van der Waals surface area contributed by atoms with E-state index < -0.39 is 52.6 Å². The fourth-order valence-corrected chi connectivity index (χ4v) is 2.47. The first-order chi connectivity index (χ1) is 13.2. The number of aromatic nitrogens is 3. The van der Waals surface area contributed by atoms with Crippen molar-refractivity contribution in [2.45, 2.75) is 18.7 Å². The Morgan fingerprint density at radius 2 is 1.45 bits per heavy atom. The van der Waals surface area contributed by atoms with Crippen molar-refractivity contribution in [3.63, 3.8) is 0 Å². The third-order valence-electron chi connectivity index (χ3n) is 3.56. The molecule has 2 N–H and O–H groups in total. The highest BCUT2D eigenvalue weighted by atomic mass is 19.4. The van der Waals surface area contributed by atoms with Crippen LogP contribution in [0.2, 0.25) is 0 Å². The Bertz CT molecular complexity index is 1050. The van der Waals surface area contributed by atoms with Crippen molar-refractivity contribution >= 4 is 16.7 Å².